The summed E-state index contributed by atoms with van der Waals surface area (Å²) in [6.45, 7) is 2.86. The Morgan fingerprint density at radius 1 is 1.47 bits per heavy atom. The van der Waals surface area contributed by atoms with Gasteiger partial charge in [0.05, 0.1) is 5.69 Å². The fourth-order valence-corrected chi connectivity index (χ4v) is 4.83. The fourth-order valence-electron chi connectivity index (χ4n) is 2.90. The number of aromatic nitrogens is 1. The number of carboxylic acids is 2. The van der Waals surface area contributed by atoms with E-state index in [1.165, 1.54) is 23.2 Å². The monoisotopic (exact) mass is 455 g/mol. The van der Waals surface area contributed by atoms with Crippen LogP contribution in [0.1, 0.15) is 11.7 Å². The number of nitrogen functional groups attached to an aromatic ring is 1. The van der Waals surface area contributed by atoms with Crippen LogP contribution in [0.2, 0.25) is 0 Å². The van der Waals surface area contributed by atoms with Gasteiger partial charge in [0.15, 0.2) is 17.8 Å². The van der Waals surface area contributed by atoms with Gasteiger partial charge < -0.3 is 21.3 Å². The molecule has 14 heteroatoms. The fraction of sp³-hybridized carbons (Fsp3) is 0.312. The van der Waals surface area contributed by atoms with E-state index in [4.69, 9.17) is 15.7 Å². The maximum Gasteiger partial charge on any atom is 0.352 e. The van der Waals surface area contributed by atoms with Crippen LogP contribution < -0.4 is 16.5 Å². The molecule has 30 heavy (non-hydrogen) atoms. The van der Waals surface area contributed by atoms with Gasteiger partial charge in [-0.3, -0.25) is 19.3 Å². The number of hydroxylamine groups is 1. The SMILES string of the molecule is C=CC1=C(C(=O)O)N2C(=O)[C@@H](NC(=O)C(NOCC(=O)O)c3csc(N)n3)[C@H]2SC1. The Balaban J connectivity index is 1.74. The number of fused-ring (bicyclic) bond motifs is 1. The van der Waals surface area contributed by atoms with Crippen LogP contribution in [0.5, 0.6) is 0 Å². The lowest BCUT2D eigenvalue weighted by atomic mass is 10.0. The van der Waals surface area contributed by atoms with E-state index < -0.39 is 47.8 Å². The van der Waals surface area contributed by atoms with Crippen molar-refractivity contribution < 1.29 is 34.2 Å². The molecule has 2 amide bonds. The normalized spacial score (nSPS) is 21.5. The van der Waals surface area contributed by atoms with E-state index in [1.807, 2.05) is 0 Å². The van der Waals surface area contributed by atoms with Gasteiger partial charge in [0, 0.05) is 11.1 Å². The number of nitrogens with two attached hydrogens (primary N) is 1. The van der Waals surface area contributed by atoms with Crippen molar-refractivity contribution in [3.8, 4) is 0 Å². The lowest BCUT2D eigenvalue weighted by Gasteiger charge is -2.49. The second kappa shape index (κ2) is 8.83. The highest BCUT2D eigenvalue weighted by Crippen LogP contribution is 2.40. The molecular weight excluding hydrogens is 438 g/mol. The maximum atomic E-state index is 12.8. The molecule has 0 radical (unpaired) electrons. The third-order valence-electron chi connectivity index (χ3n) is 4.24. The van der Waals surface area contributed by atoms with Crippen molar-refractivity contribution in [1.82, 2.24) is 20.7 Å². The molecule has 3 heterocycles. The zero-order chi connectivity index (χ0) is 22.0. The number of hydrogen-bond acceptors (Lipinski definition) is 10. The first-order chi connectivity index (χ1) is 14.2. The average molecular weight is 455 g/mol. The maximum absolute atomic E-state index is 12.8. The summed E-state index contributed by atoms with van der Waals surface area (Å²) in [5.41, 5.74) is 8.35. The molecule has 0 bridgehead atoms. The number of rotatable bonds is 9. The predicted molar refractivity (Wildman–Crippen MR) is 106 cm³/mol. The number of carboxylic acid groups (broad SMARTS) is 2. The highest BCUT2D eigenvalue weighted by Gasteiger charge is 2.54. The summed E-state index contributed by atoms with van der Waals surface area (Å²) < 4.78 is 0. The largest absolute Gasteiger partial charge is 0.479 e. The predicted octanol–water partition coefficient (Wildman–Crippen LogP) is -0.703. The molecule has 0 saturated carbocycles. The molecular formula is C16H17N5O7S2. The van der Waals surface area contributed by atoms with E-state index in [1.54, 1.807) is 0 Å². The molecule has 0 aromatic carbocycles. The third kappa shape index (κ3) is 4.16. The lowest BCUT2D eigenvalue weighted by molar-refractivity contribution is -0.152. The molecule has 12 nitrogen and oxygen atoms in total. The number of nitrogens with zero attached hydrogens (tertiary/aromatic N) is 2. The first kappa shape index (κ1) is 21.8. The number of carbonyl (C=O) groups is 4. The Labute approximate surface area is 177 Å². The van der Waals surface area contributed by atoms with Gasteiger partial charge in [-0.2, -0.15) is 5.48 Å². The van der Waals surface area contributed by atoms with Crippen LogP contribution >= 0.6 is 23.1 Å². The zero-order valence-corrected chi connectivity index (χ0v) is 16.9. The van der Waals surface area contributed by atoms with E-state index in [2.05, 4.69) is 22.4 Å². The number of amides is 2. The number of thiazole rings is 1. The molecule has 1 saturated heterocycles. The van der Waals surface area contributed by atoms with Gasteiger partial charge in [-0.25, -0.2) is 14.6 Å². The van der Waals surface area contributed by atoms with E-state index in [0.717, 1.165) is 16.2 Å². The second-order valence-corrected chi connectivity index (χ2v) is 8.12. The number of carbonyl (C=O) groups excluding carboxylic acids is 2. The molecule has 0 aliphatic carbocycles. The van der Waals surface area contributed by atoms with Crippen LogP contribution in [0.25, 0.3) is 0 Å². The minimum Gasteiger partial charge on any atom is -0.479 e. The van der Waals surface area contributed by atoms with E-state index in [9.17, 15) is 24.3 Å². The Hall–Kier alpha value is -2.94. The number of hydrogen-bond donors (Lipinski definition) is 5. The van der Waals surface area contributed by atoms with Gasteiger partial charge in [0.1, 0.15) is 17.1 Å². The van der Waals surface area contributed by atoms with Crippen molar-refractivity contribution in [1.29, 1.82) is 0 Å². The first-order valence-corrected chi connectivity index (χ1v) is 10.3. The van der Waals surface area contributed by atoms with Crippen molar-refractivity contribution in [3.05, 3.63) is 35.0 Å². The summed E-state index contributed by atoms with van der Waals surface area (Å²) in [7, 11) is 0. The summed E-state index contributed by atoms with van der Waals surface area (Å²) >= 11 is 2.36. The second-order valence-electron chi connectivity index (χ2n) is 6.12. The molecule has 0 spiro atoms. The zero-order valence-electron chi connectivity index (χ0n) is 15.2. The number of allylic oxidation sites excluding steroid dienone is 1. The van der Waals surface area contributed by atoms with Crippen molar-refractivity contribution in [3.63, 3.8) is 0 Å². The van der Waals surface area contributed by atoms with Crippen LogP contribution in [0.4, 0.5) is 5.13 Å². The summed E-state index contributed by atoms with van der Waals surface area (Å²) in [4.78, 5) is 57.5. The third-order valence-corrected chi connectivity index (χ3v) is 6.23. The van der Waals surface area contributed by atoms with E-state index >= 15 is 0 Å². The number of β-lactam (4-membered cyclic amide) rings is 1. The van der Waals surface area contributed by atoms with Crippen molar-refractivity contribution in [2.24, 2.45) is 0 Å². The summed E-state index contributed by atoms with van der Waals surface area (Å²) in [5.74, 6) is -3.49. The highest BCUT2D eigenvalue weighted by molar-refractivity contribution is 8.00. The smallest absolute Gasteiger partial charge is 0.352 e. The Kier molecular flexibility index (Phi) is 6.40. The van der Waals surface area contributed by atoms with Gasteiger partial charge in [-0.05, 0) is 5.57 Å². The number of aliphatic carboxylic acids is 2. The summed E-state index contributed by atoms with van der Waals surface area (Å²) in [6, 6.07) is -2.20. The molecule has 3 atom stereocenters. The molecule has 2 aliphatic heterocycles. The number of nitrogens with one attached hydrogen (secondary N) is 2. The molecule has 3 rings (SSSR count). The average Bonchev–Trinajstić information content (AvgIpc) is 3.13. The Morgan fingerprint density at radius 3 is 2.77 bits per heavy atom. The molecule has 1 unspecified atom stereocenters. The van der Waals surface area contributed by atoms with Crippen LogP contribution in [0, 0.1) is 0 Å². The lowest BCUT2D eigenvalue weighted by Crippen LogP contribution is -2.71. The van der Waals surface area contributed by atoms with Crippen LogP contribution in [-0.4, -0.2) is 67.6 Å². The molecule has 1 fully saturated rings. The van der Waals surface area contributed by atoms with Crippen molar-refractivity contribution >= 4 is 52.0 Å². The van der Waals surface area contributed by atoms with Gasteiger partial charge >= 0.3 is 11.9 Å². The summed E-state index contributed by atoms with van der Waals surface area (Å²) in [6.07, 6.45) is 1.39. The topological polar surface area (TPSA) is 184 Å². The summed E-state index contributed by atoms with van der Waals surface area (Å²) in [5, 5.41) is 21.8. The Bertz CT molecular complexity index is 946. The van der Waals surface area contributed by atoms with Crippen LogP contribution in [0.3, 0.4) is 0 Å². The standard InChI is InChI=1S/C16H17N5O7S2/c1-2-6-4-29-14-10(13(25)21(14)11(6)15(26)27)19-12(24)9(20-28-3-8(22)23)7-5-30-16(17)18-7/h2,5,9-10,14,20H,1,3-4H2,(H2,17,18)(H,19,24)(H,22,23)(H,26,27)/t9?,10-,14-/m1/s1. The molecule has 6 N–H and O–H groups in total. The van der Waals surface area contributed by atoms with Gasteiger partial charge in [0.25, 0.3) is 5.91 Å². The van der Waals surface area contributed by atoms with E-state index in [0.29, 0.717) is 11.3 Å². The van der Waals surface area contributed by atoms with Gasteiger partial charge in [0.2, 0.25) is 5.91 Å². The quantitative estimate of drug-likeness (QED) is 0.234. The van der Waals surface area contributed by atoms with Gasteiger partial charge in [-0.15, -0.1) is 23.1 Å². The Morgan fingerprint density at radius 2 is 2.20 bits per heavy atom. The number of thioether (sulfide) groups is 1. The minimum absolute atomic E-state index is 0.156. The molecule has 1 aromatic heterocycles. The van der Waals surface area contributed by atoms with Crippen molar-refractivity contribution in [2.45, 2.75) is 17.5 Å². The van der Waals surface area contributed by atoms with Gasteiger partial charge in [-0.1, -0.05) is 12.7 Å². The van der Waals surface area contributed by atoms with Crippen molar-refractivity contribution in [2.75, 3.05) is 18.1 Å². The minimum atomic E-state index is -1.26. The molecule has 2 aliphatic rings. The van der Waals surface area contributed by atoms with Crippen LogP contribution in [0.15, 0.2) is 29.3 Å². The molecule has 1 aromatic rings. The molecule has 160 valence electrons. The number of anilines is 1. The van der Waals surface area contributed by atoms with Crippen LogP contribution in [-0.2, 0) is 24.0 Å². The first-order valence-electron chi connectivity index (χ1n) is 8.38. The highest BCUT2D eigenvalue weighted by atomic mass is 32.2. The van der Waals surface area contributed by atoms with E-state index in [-0.39, 0.29) is 16.5 Å².